The summed E-state index contributed by atoms with van der Waals surface area (Å²) >= 11 is 0. The van der Waals surface area contributed by atoms with E-state index in [2.05, 4.69) is 15.1 Å². The van der Waals surface area contributed by atoms with Crippen molar-refractivity contribution in [2.45, 2.75) is 24.7 Å². The van der Waals surface area contributed by atoms with E-state index >= 15 is 0 Å². The lowest BCUT2D eigenvalue weighted by atomic mass is 10.1. The molecule has 1 aliphatic rings. The summed E-state index contributed by atoms with van der Waals surface area (Å²) in [4.78, 5) is 8.17. The van der Waals surface area contributed by atoms with E-state index in [1.165, 1.54) is 23.8 Å². The van der Waals surface area contributed by atoms with Crippen molar-refractivity contribution in [2.75, 3.05) is 20.2 Å². The third-order valence-electron chi connectivity index (χ3n) is 4.59. The fourth-order valence-electron chi connectivity index (χ4n) is 3.22. The highest BCUT2D eigenvalue weighted by Gasteiger charge is 2.31. The summed E-state index contributed by atoms with van der Waals surface area (Å²) in [6, 6.07) is 7.22. The van der Waals surface area contributed by atoms with Crippen LogP contribution in [-0.4, -0.2) is 54.2 Å². The number of hydrogen-bond acceptors (Lipinski definition) is 8. The first-order valence-corrected chi connectivity index (χ1v) is 10.5. The van der Waals surface area contributed by atoms with E-state index in [1.54, 1.807) is 12.1 Å². The molecule has 0 radical (unpaired) electrons. The number of methoxy groups -OCH3 is 1. The van der Waals surface area contributed by atoms with Crippen LogP contribution in [0.1, 0.15) is 18.5 Å². The van der Waals surface area contributed by atoms with Crippen LogP contribution in [0.5, 0.6) is 11.8 Å². The zero-order valence-corrected chi connectivity index (χ0v) is 16.1. The molecule has 0 aliphatic carbocycles. The van der Waals surface area contributed by atoms with Gasteiger partial charge >= 0.3 is 0 Å². The molecule has 1 atom stereocenters. The van der Waals surface area contributed by atoms with E-state index in [4.69, 9.17) is 14.0 Å². The molecule has 0 N–H and O–H groups in total. The summed E-state index contributed by atoms with van der Waals surface area (Å²) in [6.07, 6.45) is 4.09. The Morgan fingerprint density at radius 1 is 1.25 bits per heavy atom. The average Bonchev–Trinajstić information content (AvgIpc) is 3.11. The Kier molecular flexibility index (Phi) is 5.14. The Morgan fingerprint density at radius 3 is 2.93 bits per heavy atom. The minimum Gasteiger partial charge on any atom is -0.480 e. The van der Waals surface area contributed by atoms with E-state index in [0.717, 1.165) is 6.42 Å². The molecule has 2 aromatic heterocycles. The van der Waals surface area contributed by atoms with Crippen molar-refractivity contribution >= 4 is 21.0 Å². The van der Waals surface area contributed by atoms with Crippen molar-refractivity contribution in [1.29, 1.82) is 0 Å². The summed E-state index contributed by atoms with van der Waals surface area (Å²) in [5.74, 6) is 0.442. The number of rotatable bonds is 6. The molecule has 148 valence electrons. The van der Waals surface area contributed by atoms with Gasteiger partial charge in [0.25, 0.3) is 0 Å². The topological polar surface area (TPSA) is 108 Å². The number of ether oxygens (including phenoxy) is 2. The molecule has 10 heteroatoms. The number of sulfonamides is 1. The number of fused-ring (bicyclic) bond motifs is 1. The van der Waals surface area contributed by atoms with Crippen molar-refractivity contribution < 1.29 is 22.4 Å². The first-order chi connectivity index (χ1) is 13.5. The number of hydrogen-bond donors (Lipinski definition) is 0. The summed E-state index contributed by atoms with van der Waals surface area (Å²) in [5.41, 5.74) is 0.987. The smallest absolute Gasteiger partial charge is 0.235 e. The lowest BCUT2D eigenvalue weighted by Crippen LogP contribution is -2.44. The second kappa shape index (κ2) is 7.72. The van der Waals surface area contributed by atoms with Gasteiger partial charge in [-0.3, -0.25) is 4.98 Å². The predicted molar refractivity (Wildman–Crippen MR) is 100 cm³/mol. The SMILES string of the molecule is COc1cncc(OC2CCCN(S(=O)(=O)Cc3noc4ccccc34)C2)n1. The third-order valence-corrected chi connectivity index (χ3v) is 6.35. The molecular formula is C18H20N4O5S. The largest absolute Gasteiger partial charge is 0.480 e. The zero-order valence-electron chi connectivity index (χ0n) is 15.3. The minimum atomic E-state index is -3.57. The third kappa shape index (κ3) is 3.92. The van der Waals surface area contributed by atoms with E-state index in [9.17, 15) is 8.42 Å². The van der Waals surface area contributed by atoms with Crippen molar-refractivity contribution in [3.63, 3.8) is 0 Å². The van der Waals surface area contributed by atoms with Crippen LogP contribution in [0.4, 0.5) is 0 Å². The Morgan fingerprint density at radius 2 is 2.07 bits per heavy atom. The molecule has 3 heterocycles. The maximum Gasteiger partial charge on any atom is 0.235 e. The summed E-state index contributed by atoms with van der Waals surface area (Å²) < 4.78 is 43.4. The van der Waals surface area contributed by atoms with Crippen LogP contribution in [0, 0.1) is 0 Å². The quantitative estimate of drug-likeness (QED) is 0.614. The highest BCUT2D eigenvalue weighted by Crippen LogP contribution is 2.24. The number of benzene rings is 1. The Labute approximate surface area is 162 Å². The van der Waals surface area contributed by atoms with Crippen LogP contribution in [0.15, 0.2) is 41.2 Å². The molecule has 28 heavy (non-hydrogen) atoms. The van der Waals surface area contributed by atoms with Crippen molar-refractivity contribution in [3.8, 4) is 11.8 Å². The number of piperidine rings is 1. The summed E-state index contributed by atoms with van der Waals surface area (Å²) in [7, 11) is -2.07. The van der Waals surface area contributed by atoms with Gasteiger partial charge in [0.05, 0.1) is 26.0 Å². The molecule has 9 nitrogen and oxygen atoms in total. The van der Waals surface area contributed by atoms with Crippen LogP contribution in [0.3, 0.4) is 0 Å². The maximum atomic E-state index is 12.9. The molecule has 1 aliphatic heterocycles. The van der Waals surface area contributed by atoms with E-state index in [-0.39, 0.29) is 18.4 Å². The maximum absolute atomic E-state index is 12.9. The predicted octanol–water partition coefficient (Wildman–Crippen LogP) is 2.00. The van der Waals surface area contributed by atoms with E-state index in [0.29, 0.717) is 41.4 Å². The highest BCUT2D eigenvalue weighted by molar-refractivity contribution is 7.88. The van der Waals surface area contributed by atoms with Crippen LogP contribution >= 0.6 is 0 Å². The van der Waals surface area contributed by atoms with Crippen LogP contribution in [-0.2, 0) is 15.8 Å². The summed E-state index contributed by atoms with van der Waals surface area (Å²) in [5, 5.41) is 4.65. The monoisotopic (exact) mass is 404 g/mol. The van der Waals surface area contributed by atoms with Gasteiger partial charge in [-0.1, -0.05) is 17.3 Å². The van der Waals surface area contributed by atoms with Gasteiger partial charge in [0.2, 0.25) is 21.8 Å². The molecule has 0 spiro atoms. The van der Waals surface area contributed by atoms with Crippen LogP contribution in [0.25, 0.3) is 11.0 Å². The van der Waals surface area contributed by atoms with E-state index in [1.807, 2.05) is 12.1 Å². The molecule has 1 unspecified atom stereocenters. The summed E-state index contributed by atoms with van der Waals surface area (Å²) in [6.45, 7) is 0.693. The van der Waals surface area contributed by atoms with Gasteiger partial charge < -0.3 is 14.0 Å². The second-order valence-corrected chi connectivity index (χ2v) is 8.49. The van der Waals surface area contributed by atoms with Crippen molar-refractivity contribution in [2.24, 2.45) is 0 Å². The first kappa shape index (κ1) is 18.6. The lowest BCUT2D eigenvalue weighted by Gasteiger charge is -2.31. The van der Waals surface area contributed by atoms with Crippen molar-refractivity contribution in [1.82, 2.24) is 19.4 Å². The number of para-hydroxylation sites is 1. The van der Waals surface area contributed by atoms with Gasteiger partial charge in [-0.2, -0.15) is 9.29 Å². The van der Waals surface area contributed by atoms with Gasteiger partial charge in [-0.05, 0) is 25.0 Å². The number of aromatic nitrogens is 3. The van der Waals surface area contributed by atoms with E-state index < -0.39 is 10.0 Å². The highest BCUT2D eigenvalue weighted by atomic mass is 32.2. The fourth-order valence-corrected chi connectivity index (χ4v) is 4.75. The minimum absolute atomic E-state index is 0.213. The molecule has 1 aromatic carbocycles. The molecule has 0 amide bonds. The normalized spacial score (nSPS) is 18.2. The molecule has 1 fully saturated rings. The van der Waals surface area contributed by atoms with Gasteiger partial charge in [-0.25, -0.2) is 8.42 Å². The average molecular weight is 404 g/mol. The van der Waals surface area contributed by atoms with Gasteiger partial charge in [0, 0.05) is 11.9 Å². The first-order valence-electron chi connectivity index (χ1n) is 8.89. The number of nitrogens with zero attached hydrogens (tertiary/aromatic N) is 4. The molecule has 0 bridgehead atoms. The Hall–Kier alpha value is -2.72. The molecule has 3 aromatic rings. The molecular weight excluding hydrogens is 384 g/mol. The van der Waals surface area contributed by atoms with Crippen LogP contribution in [0.2, 0.25) is 0 Å². The van der Waals surface area contributed by atoms with Crippen molar-refractivity contribution in [3.05, 3.63) is 42.4 Å². The molecule has 1 saturated heterocycles. The van der Waals surface area contributed by atoms with Gasteiger partial charge in [0.15, 0.2) is 5.58 Å². The molecule has 4 rings (SSSR count). The zero-order chi connectivity index (χ0) is 19.6. The lowest BCUT2D eigenvalue weighted by molar-refractivity contribution is 0.123. The van der Waals surface area contributed by atoms with Crippen LogP contribution < -0.4 is 9.47 Å². The fraction of sp³-hybridized carbons (Fsp3) is 0.389. The second-order valence-electron chi connectivity index (χ2n) is 6.52. The molecule has 0 saturated carbocycles. The van der Waals surface area contributed by atoms with Gasteiger partial charge in [-0.15, -0.1) is 0 Å². The Balaban J connectivity index is 1.47. The van der Waals surface area contributed by atoms with Gasteiger partial charge in [0.1, 0.15) is 17.6 Å². The standard InChI is InChI=1S/C18H20N4O5S/c1-25-17-9-19-10-18(20-17)26-13-5-4-8-22(11-13)28(23,24)12-15-14-6-2-3-7-16(14)27-21-15/h2-3,6-7,9-10,13H,4-5,8,11-12H2,1H3. The Bertz CT molecular complexity index is 1070.